The monoisotopic (exact) mass is 349 g/mol. The molecular weight excluding hydrogens is 333 g/mol. The standard InChI is InChI=1S/C19H16FN5O/c20-18-9-13(3-4-23-18)24-10-14-8-15(11-24)25(14)19(26)12-1-2-16-17(7-12)22-6-5-21-16/h1-7,9,14-15H,8,10-11H2. The molecule has 0 aliphatic carbocycles. The van der Waals surface area contributed by atoms with Crippen LogP contribution in [0.4, 0.5) is 10.1 Å². The summed E-state index contributed by atoms with van der Waals surface area (Å²) < 4.78 is 13.4. The predicted molar refractivity (Wildman–Crippen MR) is 94.3 cm³/mol. The SMILES string of the molecule is O=C(c1ccc2nccnc2c1)N1C2CC1CN(c1ccnc(F)c1)C2. The number of hydrogen-bond donors (Lipinski definition) is 0. The third kappa shape index (κ3) is 2.39. The summed E-state index contributed by atoms with van der Waals surface area (Å²) in [5.74, 6) is -0.452. The Morgan fingerprint density at radius 1 is 0.962 bits per heavy atom. The highest BCUT2D eigenvalue weighted by molar-refractivity contribution is 5.98. The van der Waals surface area contributed by atoms with Crippen LogP contribution < -0.4 is 4.90 Å². The highest BCUT2D eigenvalue weighted by Crippen LogP contribution is 2.36. The van der Waals surface area contributed by atoms with E-state index in [0.717, 1.165) is 23.1 Å². The second kappa shape index (κ2) is 5.72. The molecule has 0 saturated carbocycles. The zero-order chi connectivity index (χ0) is 17.7. The van der Waals surface area contributed by atoms with Crippen molar-refractivity contribution in [2.45, 2.75) is 18.5 Å². The number of pyridine rings is 1. The number of benzene rings is 1. The summed E-state index contributed by atoms with van der Waals surface area (Å²) in [6.07, 6.45) is 5.73. The number of anilines is 1. The average molecular weight is 349 g/mol. The van der Waals surface area contributed by atoms with E-state index in [1.807, 2.05) is 23.1 Å². The van der Waals surface area contributed by atoms with Crippen molar-refractivity contribution < 1.29 is 9.18 Å². The Morgan fingerprint density at radius 2 is 1.73 bits per heavy atom. The van der Waals surface area contributed by atoms with E-state index in [4.69, 9.17) is 0 Å². The molecule has 2 unspecified atom stereocenters. The molecule has 2 atom stereocenters. The zero-order valence-corrected chi connectivity index (χ0v) is 13.9. The first-order valence-corrected chi connectivity index (χ1v) is 8.59. The normalized spacial score (nSPS) is 21.6. The van der Waals surface area contributed by atoms with Gasteiger partial charge < -0.3 is 9.80 Å². The zero-order valence-electron chi connectivity index (χ0n) is 13.9. The fourth-order valence-electron chi connectivity index (χ4n) is 3.99. The lowest BCUT2D eigenvalue weighted by Crippen LogP contribution is -2.70. The number of aromatic nitrogens is 3. The van der Waals surface area contributed by atoms with Gasteiger partial charge in [-0.15, -0.1) is 0 Å². The van der Waals surface area contributed by atoms with Gasteiger partial charge in [-0.3, -0.25) is 14.8 Å². The van der Waals surface area contributed by atoms with E-state index < -0.39 is 5.95 Å². The molecule has 3 fully saturated rings. The van der Waals surface area contributed by atoms with Gasteiger partial charge >= 0.3 is 0 Å². The second-order valence-corrected chi connectivity index (χ2v) is 6.76. The Hall–Kier alpha value is -3.09. The lowest BCUT2D eigenvalue weighted by atomic mass is 9.86. The molecule has 3 aromatic rings. The van der Waals surface area contributed by atoms with E-state index in [0.29, 0.717) is 18.7 Å². The molecule has 3 aliphatic heterocycles. The molecule has 26 heavy (non-hydrogen) atoms. The summed E-state index contributed by atoms with van der Waals surface area (Å²) in [6, 6.07) is 8.99. The van der Waals surface area contributed by atoms with E-state index >= 15 is 0 Å². The molecule has 1 amide bonds. The van der Waals surface area contributed by atoms with Crippen LogP contribution in [0.1, 0.15) is 16.8 Å². The summed E-state index contributed by atoms with van der Waals surface area (Å²) in [6.45, 7) is 1.41. The van der Waals surface area contributed by atoms with E-state index in [-0.39, 0.29) is 18.0 Å². The number of carbonyl (C=O) groups is 1. The molecule has 6 rings (SSSR count). The quantitative estimate of drug-likeness (QED) is 0.664. The summed E-state index contributed by atoms with van der Waals surface area (Å²) in [4.78, 5) is 29.2. The lowest BCUT2D eigenvalue weighted by Gasteiger charge is -2.56. The fourth-order valence-corrected chi connectivity index (χ4v) is 3.99. The van der Waals surface area contributed by atoms with Gasteiger partial charge in [-0.25, -0.2) is 4.98 Å². The maximum absolute atomic E-state index is 13.4. The van der Waals surface area contributed by atoms with Crippen LogP contribution in [-0.2, 0) is 0 Å². The third-order valence-corrected chi connectivity index (χ3v) is 5.22. The summed E-state index contributed by atoms with van der Waals surface area (Å²) in [7, 11) is 0. The molecule has 1 aromatic carbocycles. The molecule has 7 heteroatoms. The number of rotatable bonds is 2. The van der Waals surface area contributed by atoms with Gasteiger partial charge in [-0.1, -0.05) is 0 Å². The number of piperidine rings is 1. The lowest BCUT2D eigenvalue weighted by molar-refractivity contribution is 0.00593. The topological polar surface area (TPSA) is 62.2 Å². The Bertz CT molecular complexity index is 998. The highest BCUT2D eigenvalue weighted by atomic mass is 19.1. The Balaban J connectivity index is 1.36. The largest absolute Gasteiger partial charge is 0.367 e. The van der Waals surface area contributed by atoms with Crippen LogP contribution in [0.25, 0.3) is 11.0 Å². The molecule has 5 heterocycles. The molecule has 0 spiro atoms. The highest BCUT2D eigenvalue weighted by Gasteiger charge is 2.47. The van der Waals surface area contributed by atoms with Gasteiger partial charge in [0.2, 0.25) is 5.95 Å². The fraction of sp³-hybridized carbons (Fsp3) is 0.263. The van der Waals surface area contributed by atoms with Crippen LogP contribution in [0, 0.1) is 5.95 Å². The van der Waals surface area contributed by atoms with Crippen LogP contribution in [0.3, 0.4) is 0 Å². The minimum absolute atomic E-state index is 0.0272. The Morgan fingerprint density at radius 3 is 2.50 bits per heavy atom. The van der Waals surface area contributed by atoms with Gasteiger partial charge in [-0.2, -0.15) is 4.39 Å². The Labute approximate surface area is 149 Å². The van der Waals surface area contributed by atoms with Crippen molar-refractivity contribution in [1.29, 1.82) is 0 Å². The molecule has 0 N–H and O–H groups in total. The first-order chi connectivity index (χ1) is 12.7. The number of carbonyl (C=O) groups excluding carboxylic acids is 1. The number of amides is 1. The first-order valence-electron chi connectivity index (χ1n) is 8.59. The first kappa shape index (κ1) is 15.2. The minimum atomic E-state index is -0.480. The van der Waals surface area contributed by atoms with Crippen molar-refractivity contribution in [3.05, 3.63) is 60.4 Å². The van der Waals surface area contributed by atoms with Gasteiger partial charge in [0.05, 0.1) is 23.1 Å². The summed E-state index contributed by atoms with van der Waals surface area (Å²) >= 11 is 0. The molecule has 2 aromatic heterocycles. The van der Waals surface area contributed by atoms with Crippen molar-refractivity contribution in [2.75, 3.05) is 18.0 Å². The Kier molecular flexibility index (Phi) is 3.34. The van der Waals surface area contributed by atoms with Gasteiger partial charge in [-0.05, 0) is 30.7 Å². The van der Waals surface area contributed by atoms with Gasteiger partial charge in [0.1, 0.15) is 0 Å². The third-order valence-electron chi connectivity index (χ3n) is 5.22. The average Bonchev–Trinajstić information content (AvgIpc) is 2.67. The maximum Gasteiger partial charge on any atom is 0.254 e. The molecule has 0 radical (unpaired) electrons. The summed E-state index contributed by atoms with van der Waals surface area (Å²) in [5.41, 5.74) is 2.95. The van der Waals surface area contributed by atoms with Crippen LogP contribution in [0.5, 0.6) is 0 Å². The van der Waals surface area contributed by atoms with Gasteiger partial charge in [0.15, 0.2) is 0 Å². The molecule has 3 aliphatic rings. The van der Waals surface area contributed by atoms with E-state index in [9.17, 15) is 9.18 Å². The second-order valence-electron chi connectivity index (χ2n) is 6.76. The molecule has 2 bridgehead atoms. The van der Waals surface area contributed by atoms with Gasteiger partial charge in [0, 0.05) is 49.0 Å². The number of piperazine rings is 1. The van der Waals surface area contributed by atoms with Crippen LogP contribution in [0.15, 0.2) is 48.9 Å². The number of halogens is 1. The number of fused-ring (bicyclic) bond motifs is 3. The molecule has 3 saturated heterocycles. The van der Waals surface area contributed by atoms with Crippen molar-refractivity contribution >= 4 is 22.6 Å². The maximum atomic E-state index is 13.4. The van der Waals surface area contributed by atoms with Crippen LogP contribution in [0.2, 0.25) is 0 Å². The van der Waals surface area contributed by atoms with Crippen molar-refractivity contribution in [3.8, 4) is 0 Å². The van der Waals surface area contributed by atoms with E-state index in [2.05, 4.69) is 19.9 Å². The van der Waals surface area contributed by atoms with Crippen LogP contribution in [-0.4, -0.2) is 50.9 Å². The smallest absolute Gasteiger partial charge is 0.254 e. The molecule has 130 valence electrons. The molecular formula is C19H16FN5O. The van der Waals surface area contributed by atoms with E-state index in [1.165, 1.54) is 12.3 Å². The minimum Gasteiger partial charge on any atom is -0.367 e. The van der Waals surface area contributed by atoms with E-state index in [1.54, 1.807) is 18.5 Å². The van der Waals surface area contributed by atoms with Crippen molar-refractivity contribution in [2.24, 2.45) is 0 Å². The van der Waals surface area contributed by atoms with Crippen molar-refractivity contribution in [3.63, 3.8) is 0 Å². The van der Waals surface area contributed by atoms with Crippen molar-refractivity contribution in [1.82, 2.24) is 19.9 Å². The molecule has 6 nitrogen and oxygen atoms in total. The number of hydrogen-bond acceptors (Lipinski definition) is 5. The summed E-state index contributed by atoms with van der Waals surface area (Å²) in [5, 5.41) is 0. The number of nitrogens with zero attached hydrogens (tertiary/aromatic N) is 5. The van der Waals surface area contributed by atoms with Gasteiger partial charge in [0.25, 0.3) is 5.91 Å². The van der Waals surface area contributed by atoms with Crippen LogP contribution >= 0.6 is 0 Å². The predicted octanol–water partition coefficient (Wildman–Crippen LogP) is 2.27.